The second-order valence-corrected chi connectivity index (χ2v) is 6.55. The first-order valence-corrected chi connectivity index (χ1v) is 8.60. The Morgan fingerprint density at radius 1 is 1.29 bits per heavy atom. The Bertz CT molecular complexity index is 703. The molecular weight excluding hydrogens is 324 g/mol. The van der Waals surface area contributed by atoms with E-state index in [0.29, 0.717) is 11.7 Å². The third-order valence-electron chi connectivity index (χ3n) is 4.94. The monoisotopic (exact) mass is 350 g/mol. The molecule has 132 valence electrons. The number of hydrogen-bond acceptors (Lipinski definition) is 3. The molecule has 4 nitrogen and oxygen atoms in total. The molecule has 1 aromatic heterocycles. The lowest BCUT2D eigenvalue weighted by atomic mass is 9.96. The van der Waals surface area contributed by atoms with E-state index >= 15 is 0 Å². The number of amides is 1. The van der Waals surface area contributed by atoms with E-state index in [0.717, 1.165) is 61.1 Å². The van der Waals surface area contributed by atoms with Crippen LogP contribution in [0.2, 0.25) is 0 Å². The van der Waals surface area contributed by atoms with Crippen LogP contribution < -0.4 is 5.32 Å². The van der Waals surface area contributed by atoms with E-state index in [-0.39, 0.29) is 18.3 Å². The summed E-state index contributed by atoms with van der Waals surface area (Å²) in [5, 5.41) is 4.46. The van der Waals surface area contributed by atoms with Crippen molar-refractivity contribution in [3.05, 3.63) is 35.1 Å². The zero-order valence-corrected chi connectivity index (χ0v) is 15.5. The molecule has 1 saturated heterocycles. The maximum atomic E-state index is 12.8. The Morgan fingerprint density at radius 2 is 2.00 bits per heavy atom. The lowest BCUT2D eigenvalue weighted by Crippen LogP contribution is -2.40. The fourth-order valence-electron chi connectivity index (χ4n) is 3.42. The summed E-state index contributed by atoms with van der Waals surface area (Å²) in [4.78, 5) is 14.8. The van der Waals surface area contributed by atoms with Gasteiger partial charge in [0.1, 0.15) is 5.58 Å². The molecule has 0 atom stereocenters. The van der Waals surface area contributed by atoms with Crippen LogP contribution in [-0.4, -0.2) is 37.0 Å². The van der Waals surface area contributed by atoms with Crippen molar-refractivity contribution < 1.29 is 9.21 Å². The van der Waals surface area contributed by atoms with Crippen LogP contribution in [0.1, 0.15) is 41.4 Å². The molecule has 1 amide bonds. The van der Waals surface area contributed by atoms with Gasteiger partial charge in [0.15, 0.2) is 5.76 Å². The number of hydrogen-bond donors (Lipinski definition) is 1. The number of aryl methyl sites for hydroxylation is 2. The number of likely N-dealkylation sites (tertiary alicyclic amines) is 1. The van der Waals surface area contributed by atoms with E-state index in [9.17, 15) is 4.79 Å². The zero-order chi connectivity index (χ0) is 16.4. The van der Waals surface area contributed by atoms with Crippen molar-refractivity contribution in [2.75, 3.05) is 26.2 Å². The van der Waals surface area contributed by atoms with Gasteiger partial charge < -0.3 is 14.6 Å². The second-order valence-electron chi connectivity index (χ2n) is 6.55. The number of rotatable bonds is 4. The number of piperidine rings is 1. The minimum atomic E-state index is 0. The third kappa shape index (κ3) is 3.60. The molecule has 0 unspecified atom stereocenters. The third-order valence-corrected chi connectivity index (χ3v) is 4.94. The molecule has 0 bridgehead atoms. The predicted molar refractivity (Wildman–Crippen MR) is 100 cm³/mol. The van der Waals surface area contributed by atoms with Crippen molar-refractivity contribution in [2.45, 2.75) is 33.6 Å². The highest BCUT2D eigenvalue weighted by Crippen LogP contribution is 2.29. The predicted octanol–water partition coefficient (Wildman–Crippen LogP) is 3.93. The van der Waals surface area contributed by atoms with Crippen molar-refractivity contribution in [2.24, 2.45) is 5.92 Å². The Kier molecular flexibility index (Phi) is 6.30. The van der Waals surface area contributed by atoms with Gasteiger partial charge in [-0.3, -0.25) is 4.79 Å². The molecule has 0 spiro atoms. The first-order valence-electron chi connectivity index (χ1n) is 8.60. The topological polar surface area (TPSA) is 45.5 Å². The number of fused-ring (bicyclic) bond motifs is 1. The molecule has 0 saturated carbocycles. The summed E-state index contributed by atoms with van der Waals surface area (Å²) in [5.41, 5.74) is 2.88. The van der Waals surface area contributed by atoms with Gasteiger partial charge in [-0.25, -0.2) is 0 Å². The number of furan rings is 1. The van der Waals surface area contributed by atoms with Crippen LogP contribution in [0.4, 0.5) is 0 Å². The average molecular weight is 351 g/mol. The Balaban J connectivity index is 0.00000208. The number of carbonyl (C=O) groups is 1. The van der Waals surface area contributed by atoms with Crippen molar-refractivity contribution in [3.63, 3.8) is 0 Å². The second kappa shape index (κ2) is 8.04. The van der Waals surface area contributed by atoms with Crippen molar-refractivity contribution in [1.29, 1.82) is 0 Å². The zero-order valence-electron chi connectivity index (χ0n) is 14.7. The molecular formula is C19H27ClN2O2. The Labute approximate surface area is 150 Å². The number of carbonyl (C=O) groups excluding carboxylic acids is 1. The van der Waals surface area contributed by atoms with Crippen LogP contribution in [0.15, 0.2) is 22.6 Å². The molecule has 24 heavy (non-hydrogen) atoms. The van der Waals surface area contributed by atoms with Gasteiger partial charge in [0.05, 0.1) is 0 Å². The first kappa shape index (κ1) is 18.8. The highest BCUT2D eigenvalue weighted by atomic mass is 35.5. The highest BCUT2D eigenvalue weighted by Gasteiger charge is 2.27. The standard InChI is InChI=1S/C19H26N2O2.ClH/c1-4-20-12-15-8-10-21(11-9-15)19(22)18-14(3)16-7-5-6-13(2)17(16)23-18;/h5-7,15,20H,4,8-12H2,1-3H3;1H. The summed E-state index contributed by atoms with van der Waals surface area (Å²) < 4.78 is 5.93. The van der Waals surface area contributed by atoms with Gasteiger partial charge in [-0.2, -0.15) is 0 Å². The van der Waals surface area contributed by atoms with Crippen molar-refractivity contribution >= 4 is 29.3 Å². The molecule has 5 heteroatoms. The van der Waals surface area contributed by atoms with Crippen LogP contribution in [-0.2, 0) is 0 Å². The molecule has 2 aromatic rings. The number of benzene rings is 1. The average Bonchev–Trinajstić information content (AvgIpc) is 2.91. The largest absolute Gasteiger partial charge is 0.450 e. The van der Waals surface area contributed by atoms with Gasteiger partial charge in [0.2, 0.25) is 0 Å². The fraction of sp³-hybridized carbons (Fsp3) is 0.526. The Hall–Kier alpha value is -1.52. The lowest BCUT2D eigenvalue weighted by Gasteiger charge is -2.31. The minimum Gasteiger partial charge on any atom is -0.450 e. The van der Waals surface area contributed by atoms with E-state index in [1.165, 1.54) is 0 Å². The smallest absolute Gasteiger partial charge is 0.289 e. The Morgan fingerprint density at radius 3 is 2.62 bits per heavy atom. The maximum absolute atomic E-state index is 12.8. The number of nitrogens with one attached hydrogen (secondary N) is 1. The molecule has 0 aliphatic carbocycles. The number of nitrogens with zero attached hydrogens (tertiary/aromatic N) is 1. The summed E-state index contributed by atoms with van der Waals surface area (Å²) in [6.07, 6.45) is 2.13. The first-order chi connectivity index (χ1) is 11.1. The van der Waals surface area contributed by atoms with Crippen LogP contribution >= 0.6 is 12.4 Å². The minimum absolute atomic E-state index is 0. The summed E-state index contributed by atoms with van der Waals surface area (Å²) >= 11 is 0. The summed E-state index contributed by atoms with van der Waals surface area (Å²) in [5.74, 6) is 1.23. The normalized spacial score (nSPS) is 15.5. The molecule has 3 rings (SSSR count). The van der Waals surface area contributed by atoms with E-state index in [1.807, 2.05) is 36.9 Å². The van der Waals surface area contributed by atoms with Gasteiger partial charge in [-0.1, -0.05) is 25.1 Å². The molecule has 1 N–H and O–H groups in total. The SMILES string of the molecule is CCNCC1CCN(C(=O)c2oc3c(C)cccc3c2C)CC1.Cl. The maximum Gasteiger partial charge on any atom is 0.289 e. The molecule has 1 aromatic carbocycles. The van der Waals surface area contributed by atoms with E-state index in [2.05, 4.69) is 12.2 Å². The molecule has 0 radical (unpaired) electrons. The molecule has 1 aliphatic rings. The number of halogens is 1. The summed E-state index contributed by atoms with van der Waals surface area (Å²) in [6, 6.07) is 6.06. The van der Waals surface area contributed by atoms with Gasteiger partial charge in [-0.05, 0) is 51.3 Å². The summed E-state index contributed by atoms with van der Waals surface area (Å²) in [6.45, 7) is 9.85. The van der Waals surface area contributed by atoms with Gasteiger partial charge >= 0.3 is 0 Å². The molecule has 1 aliphatic heterocycles. The van der Waals surface area contributed by atoms with Gasteiger partial charge in [-0.15, -0.1) is 12.4 Å². The summed E-state index contributed by atoms with van der Waals surface area (Å²) in [7, 11) is 0. The van der Waals surface area contributed by atoms with Gasteiger partial charge in [0, 0.05) is 24.0 Å². The van der Waals surface area contributed by atoms with Crippen LogP contribution in [0.25, 0.3) is 11.0 Å². The molecule has 1 fully saturated rings. The fourth-order valence-corrected chi connectivity index (χ4v) is 3.42. The van der Waals surface area contributed by atoms with E-state index in [1.54, 1.807) is 0 Å². The van der Waals surface area contributed by atoms with Crippen molar-refractivity contribution in [3.8, 4) is 0 Å². The molecule has 2 heterocycles. The van der Waals surface area contributed by atoms with Gasteiger partial charge in [0.25, 0.3) is 5.91 Å². The van der Waals surface area contributed by atoms with Crippen molar-refractivity contribution in [1.82, 2.24) is 10.2 Å². The quantitative estimate of drug-likeness (QED) is 0.908. The highest BCUT2D eigenvalue weighted by molar-refractivity contribution is 5.99. The van der Waals surface area contributed by atoms with Crippen LogP contribution in [0.3, 0.4) is 0 Å². The lowest BCUT2D eigenvalue weighted by molar-refractivity contribution is 0.0659. The number of para-hydroxylation sites is 1. The van der Waals surface area contributed by atoms with E-state index < -0.39 is 0 Å². The van der Waals surface area contributed by atoms with Crippen LogP contribution in [0, 0.1) is 19.8 Å². The van der Waals surface area contributed by atoms with Crippen LogP contribution in [0.5, 0.6) is 0 Å². The van der Waals surface area contributed by atoms with E-state index in [4.69, 9.17) is 4.42 Å².